The van der Waals surface area contributed by atoms with Crippen LogP contribution in [0.5, 0.6) is 0 Å². The molecule has 5 nitrogen and oxygen atoms in total. The van der Waals surface area contributed by atoms with Crippen LogP contribution in [-0.4, -0.2) is 34.3 Å². The minimum absolute atomic E-state index is 0.381. The summed E-state index contributed by atoms with van der Waals surface area (Å²) in [5.41, 5.74) is 1.83. The van der Waals surface area contributed by atoms with Crippen LogP contribution in [0.4, 0.5) is 5.95 Å². The molecule has 2 atom stereocenters. The summed E-state index contributed by atoms with van der Waals surface area (Å²) in [6.07, 6.45) is 2.52. The molecule has 17 heavy (non-hydrogen) atoms. The molecule has 2 unspecified atom stereocenters. The Morgan fingerprint density at radius 2 is 2.12 bits per heavy atom. The number of piperidine rings is 1. The fourth-order valence-electron chi connectivity index (χ4n) is 2.15. The van der Waals surface area contributed by atoms with Crippen LogP contribution in [0, 0.1) is 19.8 Å². The van der Waals surface area contributed by atoms with Gasteiger partial charge in [0.15, 0.2) is 0 Å². The number of nitrogens with one attached hydrogen (secondary N) is 2. The van der Waals surface area contributed by atoms with Crippen LogP contribution in [-0.2, 0) is 0 Å². The molecule has 2 rings (SSSR count). The minimum atomic E-state index is 0.381. The molecule has 1 aliphatic rings. The molecule has 0 bridgehead atoms. The topological polar surface area (TPSA) is 62.7 Å². The molecule has 1 aliphatic heterocycles. The standard InChI is InChI=1S/C12H21N5/c1-8-9(2)16-17-12(14-8)15-10(3)11-5-4-6-13-7-11/h10-11,13H,4-7H2,1-3H3,(H,14,15,17). The first-order valence-electron chi connectivity index (χ1n) is 6.32. The Bertz CT molecular complexity index is 373. The smallest absolute Gasteiger partial charge is 0.243 e. The summed E-state index contributed by atoms with van der Waals surface area (Å²) < 4.78 is 0. The van der Waals surface area contributed by atoms with Gasteiger partial charge in [0.25, 0.3) is 0 Å². The van der Waals surface area contributed by atoms with Crippen molar-refractivity contribution in [2.45, 2.75) is 39.7 Å². The van der Waals surface area contributed by atoms with Gasteiger partial charge in [0.2, 0.25) is 5.95 Å². The van der Waals surface area contributed by atoms with Gasteiger partial charge in [0.1, 0.15) is 0 Å². The van der Waals surface area contributed by atoms with Crippen molar-refractivity contribution in [2.24, 2.45) is 5.92 Å². The highest BCUT2D eigenvalue weighted by Crippen LogP contribution is 2.16. The van der Waals surface area contributed by atoms with E-state index in [1.54, 1.807) is 0 Å². The Hall–Kier alpha value is -1.23. The molecule has 1 fully saturated rings. The minimum Gasteiger partial charge on any atom is -0.350 e. The Labute approximate surface area is 102 Å². The maximum Gasteiger partial charge on any atom is 0.243 e. The quantitative estimate of drug-likeness (QED) is 0.826. The zero-order chi connectivity index (χ0) is 12.3. The van der Waals surface area contributed by atoms with Crippen molar-refractivity contribution < 1.29 is 0 Å². The number of anilines is 1. The molecular formula is C12H21N5. The summed E-state index contributed by atoms with van der Waals surface area (Å²) in [6.45, 7) is 8.29. The third-order valence-corrected chi connectivity index (χ3v) is 3.49. The molecule has 94 valence electrons. The van der Waals surface area contributed by atoms with Crippen molar-refractivity contribution in [1.82, 2.24) is 20.5 Å². The van der Waals surface area contributed by atoms with Gasteiger partial charge in [-0.15, -0.1) is 5.10 Å². The summed E-state index contributed by atoms with van der Waals surface area (Å²) in [5.74, 6) is 1.29. The molecule has 0 aliphatic carbocycles. The monoisotopic (exact) mass is 235 g/mol. The van der Waals surface area contributed by atoms with Crippen LogP contribution < -0.4 is 10.6 Å². The zero-order valence-electron chi connectivity index (χ0n) is 10.8. The second-order valence-corrected chi connectivity index (χ2v) is 4.85. The summed E-state index contributed by atoms with van der Waals surface area (Å²) in [4.78, 5) is 4.40. The van der Waals surface area contributed by atoms with Crippen LogP contribution in [0.2, 0.25) is 0 Å². The van der Waals surface area contributed by atoms with E-state index in [1.807, 2.05) is 13.8 Å². The van der Waals surface area contributed by atoms with Gasteiger partial charge in [-0.1, -0.05) is 0 Å². The average molecular weight is 235 g/mol. The van der Waals surface area contributed by atoms with Gasteiger partial charge in [-0.05, 0) is 52.6 Å². The van der Waals surface area contributed by atoms with Crippen LogP contribution in [0.1, 0.15) is 31.2 Å². The van der Waals surface area contributed by atoms with Gasteiger partial charge in [-0.3, -0.25) is 0 Å². The number of nitrogens with zero attached hydrogens (tertiary/aromatic N) is 3. The lowest BCUT2D eigenvalue weighted by Gasteiger charge is -2.28. The predicted octanol–water partition coefficient (Wildman–Crippen LogP) is 1.29. The predicted molar refractivity (Wildman–Crippen MR) is 68.0 cm³/mol. The third kappa shape index (κ3) is 3.12. The van der Waals surface area contributed by atoms with E-state index < -0.39 is 0 Å². The molecule has 1 aromatic heterocycles. The van der Waals surface area contributed by atoms with Crippen LogP contribution in [0.3, 0.4) is 0 Å². The van der Waals surface area contributed by atoms with Crippen LogP contribution >= 0.6 is 0 Å². The fourth-order valence-corrected chi connectivity index (χ4v) is 2.15. The molecule has 0 spiro atoms. The third-order valence-electron chi connectivity index (χ3n) is 3.49. The van der Waals surface area contributed by atoms with E-state index in [0.29, 0.717) is 17.9 Å². The highest BCUT2D eigenvalue weighted by molar-refractivity contribution is 5.26. The number of rotatable bonds is 3. The lowest BCUT2D eigenvalue weighted by atomic mass is 9.93. The summed E-state index contributed by atoms with van der Waals surface area (Å²) in [7, 11) is 0. The molecule has 1 saturated heterocycles. The normalized spacial score (nSPS) is 22.2. The van der Waals surface area contributed by atoms with Crippen molar-refractivity contribution in [3.05, 3.63) is 11.4 Å². The lowest BCUT2D eigenvalue weighted by Crippen LogP contribution is -2.39. The molecule has 0 saturated carbocycles. The first-order valence-corrected chi connectivity index (χ1v) is 6.32. The highest BCUT2D eigenvalue weighted by Gasteiger charge is 2.20. The Kier molecular flexibility index (Phi) is 3.89. The van der Waals surface area contributed by atoms with Crippen LogP contribution in [0.15, 0.2) is 0 Å². The average Bonchev–Trinajstić information content (AvgIpc) is 2.35. The molecular weight excluding hydrogens is 214 g/mol. The molecule has 1 aromatic rings. The lowest BCUT2D eigenvalue weighted by molar-refractivity contribution is 0.346. The second-order valence-electron chi connectivity index (χ2n) is 4.85. The Morgan fingerprint density at radius 3 is 2.76 bits per heavy atom. The van der Waals surface area contributed by atoms with Crippen molar-refractivity contribution >= 4 is 5.95 Å². The molecule has 2 N–H and O–H groups in total. The van der Waals surface area contributed by atoms with Gasteiger partial charge < -0.3 is 10.6 Å². The van der Waals surface area contributed by atoms with Crippen molar-refractivity contribution in [3.63, 3.8) is 0 Å². The molecule has 0 aromatic carbocycles. The van der Waals surface area contributed by atoms with E-state index in [1.165, 1.54) is 12.8 Å². The van der Waals surface area contributed by atoms with Crippen molar-refractivity contribution in [3.8, 4) is 0 Å². The van der Waals surface area contributed by atoms with E-state index in [-0.39, 0.29) is 0 Å². The second kappa shape index (κ2) is 5.40. The number of hydrogen-bond acceptors (Lipinski definition) is 5. The van der Waals surface area contributed by atoms with Gasteiger partial charge >= 0.3 is 0 Å². The summed E-state index contributed by atoms with van der Waals surface area (Å²) in [5, 5.41) is 14.9. The molecule has 5 heteroatoms. The van der Waals surface area contributed by atoms with E-state index >= 15 is 0 Å². The zero-order valence-corrected chi connectivity index (χ0v) is 10.8. The molecule has 0 radical (unpaired) electrons. The first kappa shape index (κ1) is 12.2. The largest absolute Gasteiger partial charge is 0.350 e. The van der Waals surface area contributed by atoms with E-state index in [0.717, 1.165) is 24.5 Å². The fraction of sp³-hybridized carbons (Fsp3) is 0.750. The highest BCUT2D eigenvalue weighted by atomic mass is 15.2. The van der Waals surface area contributed by atoms with Gasteiger partial charge in [0.05, 0.1) is 11.4 Å². The van der Waals surface area contributed by atoms with Gasteiger partial charge in [-0.2, -0.15) is 5.10 Å². The molecule has 0 amide bonds. The number of aromatic nitrogens is 3. The first-order chi connectivity index (χ1) is 8.16. The van der Waals surface area contributed by atoms with Crippen LogP contribution in [0.25, 0.3) is 0 Å². The number of hydrogen-bond donors (Lipinski definition) is 2. The summed E-state index contributed by atoms with van der Waals surface area (Å²) >= 11 is 0. The maximum absolute atomic E-state index is 4.40. The van der Waals surface area contributed by atoms with E-state index in [9.17, 15) is 0 Å². The van der Waals surface area contributed by atoms with Crippen molar-refractivity contribution in [1.29, 1.82) is 0 Å². The molecule has 2 heterocycles. The Balaban J connectivity index is 1.96. The maximum atomic E-state index is 4.40. The SMILES string of the molecule is Cc1nnc(NC(C)C2CCCNC2)nc1C. The summed E-state index contributed by atoms with van der Waals surface area (Å²) in [6, 6.07) is 0.381. The van der Waals surface area contributed by atoms with E-state index in [2.05, 4.69) is 32.7 Å². The van der Waals surface area contributed by atoms with E-state index in [4.69, 9.17) is 0 Å². The van der Waals surface area contributed by atoms with Crippen molar-refractivity contribution in [2.75, 3.05) is 18.4 Å². The van der Waals surface area contributed by atoms with Gasteiger partial charge in [-0.25, -0.2) is 4.98 Å². The Morgan fingerprint density at radius 1 is 1.29 bits per heavy atom. The number of aryl methyl sites for hydroxylation is 2. The van der Waals surface area contributed by atoms with Gasteiger partial charge in [0, 0.05) is 6.04 Å².